The van der Waals surface area contributed by atoms with Crippen LogP contribution in [0, 0.1) is 19.7 Å². The van der Waals surface area contributed by atoms with Gasteiger partial charge >= 0.3 is 0 Å². The first kappa shape index (κ1) is 18.7. The molecular weight excluding hydrogens is 399 g/mol. The van der Waals surface area contributed by atoms with E-state index in [4.69, 9.17) is 4.74 Å². The lowest BCUT2D eigenvalue weighted by Crippen LogP contribution is -2.50. The monoisotopic (exact) mass is 420 g/mol. The molecule has 3 rings (SSSR count). The number of benzene rings is 2. The van der Waals surface area contributed by atoms with Crippen LogP contribution in [0.25, 0.3) is 0 Å². The first-order valence-electron chi connectivity index (χ1n) is 8.62. The molecule has 6 heteroatoms. The molecule has 0 aliphatic carbocycles. The quantitative estimate of drug-likeness (QED) is 0.750. The minimum Gasteiger partial charge on any atom is -0.484 e. The van der Waals surface area contributed by atoms with Gasteiger partial charge in [-0.05, 0) is 61.4 Å². The van der Waals surface area contributed by atoms with Crippen LogP contribution in [-0.2, 0) is 4.79 Å². The van der Waals surface area contributed by atoms with Crippen molar-refractivity contribution in [3.05, 3.63) is 57.8 Å². The highest BCUT2D eigenvalue weighted by Gasteiger charge is 2.21. The van der Waals surface area contributed by atoms with E-state index in [1.165, 1.54) is 12.1 Å². The number of hydrogen-bond donors (Lipinski definition) is 0. The van der Waals surface area contributed by atoms with Gasteiger partial charge in [0.25, 0.3) is 5.91 Å². The highest BCUT2D eigenvalue weighted by molar-refractivity contribution is 9.10. The van der Waals surface area contributed by atoms with Gasteiger partial charge in [0.05, 0.1) is 0 Å². The molecule has 2 aromatic carbocycles. The molecule has 1 fully saturated rings. The van der Waals surface area contributed by atoms with Crippen LogP contribution in [0.3, 0.4) is 0 Å². The maximum atomic E-state index is 13.0. The Morgan fingerprint density at radius 3 is 2.23 bits per heavy atom. The van der Waals surface area contributed by atoms with Crippen LogP contribution in [0.4, 0.5) is 10.1 Å². The number of carbonyl (C=O) groups is 1. The number of anilines is 1. The minimum absolute atomic E-state index is 0.0121. The van der Waals surface area contributed by atoms with Crippen LogP contribution >= 0.6 is 15.9 Å². The van der Waals surface area contributed by atoms with Crippen molar-refractivity contribution < 1.29 is 13.9 Å². The maximum absolute atomic E-state index is 13.0. The Morgan fingerprint density at radius 2 is 1.65 bits per heavy atom. The molecule has 0 atom stereocenters. The van der Waals surface area contributed by atoms with Crippen molar-refractivity contribution >= 4 is 27.5 Å². The molecule has 4 nitrogen and oxygen atoms in total. The predicted molar refractivity (Wildman–Crippen MR) is 104 cm³/mol. The number of rotatable bonds is 4. The van der Waals surface area contributed by atoms with Crippen molar-refractivity contribution in [2.75, 3.05) is 37.7 Å². The molecule has 1 aliphatic heterocycles. The summed E-state index contributed by atoms with van der Waals surface area (Å²) in [5.41, 5.74) is 3.15. The molecule has 138 valence electrons. The number of halogens is 2. The fourth-order valence-corrected chi connectivity index (χ4v) is 3.32. The number of ether oxygens (including phenoxy) is 1. The highest BCUT2D eigenvalue weighted by atomic mass is 79.9. The molecule has 0 unspecified atom stereocenters. The van der Waals surface area contributed by atoms with Crippen LogP contribution in [0.1, 0.15) is 11.1 Å². The lowest BCUT2D eigenvalue weighted by molar-refractivity contribution is -0.133. The van der Waals surface area contributed by atoms with E-state index >= 15 is 0 Å². The molecule has 1 aliphatic rings. The van der Waals surface area contributed by atoms with Crippen LogP contribution in [0.5, 0.6) is 5.75 Å². The van der Waals surface area contributed by atoms with Crippen molar-refractivity contribution in [1.82, 2.24) is 4.90 Å². The summed E-state index contributed by atoms with van der Waals surface area (Å²) in [7, 11) is 0. The van der Waals surface area contributed by atoms with E-state index in [1.54, 1.807) is 12.1 Å². The summed E-state index contributed by atoms with van der Waals surface area (Å²) in [5.74, 6) is 0.460. The number of carbonyl (C=O) groups excluding carboxylic acids is 1. The first-order chi connectivity index (χ1) is 12.4. The molecule has 0 saturated carbocycles. The number of amides is 1. The normalized spacial score (nSPS) is 14.5. The van der Waals surface area contributed by atoms with Crippen LogP contribution < -0.4 is 9.64 Å². The Balaban J connectivity index is 1.51. The van der Waals surface area contributed by atoms with Crippen molar-refractivity contribution in [3.63, 3.8) is 0 Å². The standard InChI is InChI=1S/C20H22BrFN2O2/c1-14-11-18(12-15(2)20(14)21)26-13-19(25)24-9-7-23(8-10-24)17-5-3-16(22)4-6-17/h3-6,11-12H,7-10,13H2,1-2H3. The zero-order valence-corrected chi connectivity index (χ0v) is 16.6. The molecule has 26 heavy (non-hydrogen) atoms. The predicted octanol–water partition coefficient (Wildman–Crippen LogP) is 3.93. The number of aryl methyl sites for hydroxylation is 2. The Morgan fingerprint density at radius 1 is 1.08 bits per heavy atom. The highest BCUT2D eigenvalue weighted by Crippen LogP contribution is 2.26. The van der Waals surface area contributed by atoms with E-state index in [2.05, 4.69) is 20.8 Å². The molecule has 2 aromatic rings. The maximum Gasteiger partial charge on any atom is 0.260 e. The average Bonchev–Trinajstić information content (AvgIpc) is 2.65. The van der Waals surface area contributed by atoms with Gasteiger partial charge in [0.1, 0.15) is 11.6 Å². The summed E-state index contributed by atoms with van der Waals surface area (Å²) in [6.07, 6.45) is 0. The number of hydrogen-bond acceptors (Lipinski definition) is 3. The number of piperazine rings is 1. The summed E-state index contributed by atoms with van der Waals surface area (Å²) in [6, 6.07) is 10.3. The van der Waals surface area contributed by atoms with Gasteiger partial charge in [0.15, 0.2) is 6.61 Å². The third kappa shape index (κ3) is 4.36. The Hall–Kier alpha value is -2.08. The zero-order valence-electron chi connectivity index (χ0n) is 15.0. The van der Waals surface area contributed by atoms with Gasteiger partial charge in [-0.1, -0.05) is 15.9 Å². The van der Waals surface area contributed by atoms with Crippen LogP contribution in [0.2, 0.25) is 0 Å². The van der Waals surface area contributed by atoms with Crippen LogP contribution in [-0.4, -0.2) is 43.6 Å². The second-order valence-corrected chi connectivity index (χ2v) is 7.30. The third-order valence-corrected chi connectivity index (χ3v) is 5.85. The lowest BCUT2D eigenvalue weighted by Gasteiger charge is -2.36. The van der Waals surface area contributed by atoms with Gasteiger partial charge < -0.3 is 14.5 Å². The zero-order chi connectivity index (χ0) is 18.7. The number of nitrogens with zero attached hydrogens (tertiary/aromatic N) is 2. The Bertz CT molecular complexity index is 764. The molecule has 1 heterocycles. The fraction of sp³-hybridized carbons (Fsp3) is 0.350. The van der Waals surface area contributed by atoms with Gasteiger partial charge in [-0.25, -0.2) is 4.39 Å². The van der Waals surface area contributed by atoms with E-state index < -0.39 is 0 Å². The Kier molecular flexibility index (Phi) is 5.81. The second-order valence-electron chi connectivity index (χ2n) is 6.50. The molecule has 1 saturated heterocycles. The molecule has 0 N–H and O–H groups in total. The van der Waals surface area contributed by atoms with Gasteiger partial charge in [0, 0.05) is 36.3 Å². The summed E-state index contributed by atoms with van der Waals surface area (Å²) >= 11 is 3.53. The SMILES string of the molecule is Cc1cc(OCC(=O)N2CCN(c3ccc(F)cc3)CC2)cc(C)c1Br. The van der Waals surface area contributed by atoms with E-state index in [0.717, 1.165) is 34.4 Å². The summed E-state index contributed by atoms with van der Waals surface area (Å²) in [4.78, 5) is 16.4. The molecule has 0 aromatic heterocycles. The summed E-state index contributed by atoms with van der Waals surface area (Å²) in [6.45, 7) is 6.77. The van der Waals surface area contributed by atoms with Crippen molar-refractivity contribution in [1.29, 1.82) is 0 Å². The molecule has 0 radical (unpaired) electrons. The van der Waals surface area contributed by atoms with Gasteiger partial charge in [-0.3, -0.25) is 4.79 Å². The largest absolute Gasteiger partial charge is 0.484 e. The Labute approximate surface area is 161 Å². The molecular formula is C20H22BrFN2O2. The van der Waals surface area contributed by atoms with Crippen molar-refractivity contribution in [2.24, 2.45) is 0 Å². The second kappa shape index (κ2) is 8.08. The van der Waals surface area contributed by atoms with Gasteiger partial charge in [0.2, 0.25) is 0 Å². The topological polar surface area (TPSA) is 32.8 Å². The van der Waals surface area contributed by atoms with Crippen molar-refractivity contribution in [3.8, 4) is 5.75 Å². The average molecular weight is 421 g/mol. The smallest absolute Gasteiger partial charge is 0.260 e. The van der Waals surface area contributed by atoms with E-state index in [1.807, 2.05) is 30.9 Å². The lowest BCUT2D eigenvalue weighted by atomic mass is 10.1. The minimum atomic E-state index is -0.238. The third-order valence-electron chi connectivity index (χ3n) is 4.60. The fourth-order valence-electron chi connectivity index (χ4n) is 3.09. The van der Waals surface area contributed by atoms with E-state index in [0.29, 0.717) is 18.8 Å². The van der Waals surface area contributed by atoms with E-state index in [9.17, 15) is 9.18 Å². The van der Waals surface area contributed by atoms with Crippen molar-refractivity contribution in [2.45, 2.75) is 13.8 Å². The van der Waals surface area contributed by atoms with Crippen LogP contribution in [0.15, 0.2) is 40.9 Å². The summed E-state index contributed by atoms with van der Waals surface area (Å²) in [5, 5.41) is 0. The molecule has 0 bridgehead atoms. The van der Waals surface area contributed by atoms with E-state index in [-0.39, 0.29) is 18.3 Å². The van der Waals surface area contributed by atoms with Gasteiger partial charge in [-0.15, -0.1) is 0 Å². The summed E-state index contributed by atoms with van der Waals surface area (Å²) < 4.78 is 19.8. The molecule has 0 spiro atoms. The van der Waals surface area contributed by atoms with Gasteiger partial charge in [-0.2, -0.15) is 0 Å². The first-order valence-corrected chi connectivity index (χ1v) is 9.41. The molecule has 1 amide bonds.